The number of rotatable bonds is 4. The molecule has 0 bridgehead atoms. The number of hydrogen-bond donors (Lipinski definition) is 1. The molecule has 1 aromatic carbocycles. The summed E-state index contributed by atoms with van der Waals surface area (Å²) in [6, 6.07) is 10.2. The topological polar surface area (TPSA) is 35.8 Å². The maximum Gasteiger partial charge on any atom is 0.0669 e. The van der Waals surface area contributed by atoms with Gasteiger partial charge in [0.05, 0.1) is 12.5 Å². The van der Waals surface area contributed by atoms with E-state index in [1.165, 1.54) is 5.56 Å². The third kappa shape index (κ3) is 3.42. The van der Waals surface area contributed by atoms with Crippen molar-refractivity contribution in [1.29, 1.82) is 5.26 Å². The largest absolute Gasteiger partial charge is 0.316 e. The molecule has 72 valence electrons. The lowest BCUT2D eigenvalue weighted by atomic mass is 10.1. The molecule has 1 rings (SSSR count). The Morgan fingerprint density at radius 2 is 2.07 bits per heavy atom. The van der Waals surface area contributed by atoms with Crippen molar-refractivity contribution in [3.63, 3.8) is 0 Å². The first kappa shape index (κ1) is 10.5. The molecular weight excluding hydrogens is 172 g/mol. The quantitative estimate of drug-likeness (QED) is 0.780. The number of nitrogens with one attached hydrogen (secondary N) is 1. The Bertz CT molecular complexity index is 330. The summed E-state index contributed by atoms with van der Waals surface area (Å²) in [6.07, 6.45) is 4.62. The Morgan fingerprint density at radius 1 is 1.36 bits per heavy atom. The average Bonchev–Trinajstić information content (AvgIpc) is 2.21. The number of nitrogens with zero attached hydrogens (tertiary/aromatic N) is 1. The van der Waals surface area contributed by atoms with Crippen molar-refractivity contribution in [3.8, 4) is 6.07 Å². The highest BCUT2D eigenvalue weighted by molar-refractivity contribution is 5.49. The van der Waals surface area contributed by atoms with Gasteiger partial charge in [0.15, 0.2) is 0 Å². The molecule has 2 nitrogen and oxygen atoms in total. The highest BCUT2D eigenvalue weighted by Gasteiger charge is 1.90. The molecule has 0 heterocycles. The second kappa shape index (κ2) is 5.95. The van der Waals surface area contributed by atoms with Gasteiger partial charge in [-0.2, -0.15) is 5.26 Å². The molecule has 0 amide bonds. The highest BCUT2D eigenvalue weighted by atomic mass is 14.8. The zero-order valence-corrected chi connectivity index (χ0v) is 8.33. The highest BCUT2D eigenvalue weighted by Crippen LogP contribution is 2.06. The number of likely N-dealkylation sites (N-methyl/N-ethyl adjacent to an activating group) is 1. The summed E-state index contributed by atoms with van der Waals surface area (Å²) in [5.74, 6) is 0. The van der Waals surface area contributed by atoms with Crippen LogP contribution in [0.15, 0.2) is 30.3 Å². The normalized spacial score (nSPS) is 10.3. The third-order valence-corrected chi connectivity index (χ3v) is 1.90. The minimum atomic E-state index is 0.487. The Morgan fingerprint density at radius 3 is 2.64 bits per heavy atom. The van der Waals surface area contributed by atoms with Crippen LogP contribution in [0, 0.1) is 11.3 Å². The van der Waals surface area contributed by atoms with Gasteiger partial charge < -0.3 is 5.32 Å². The molecule has 1 N–H and O–H groups in total. The molecule has 2 heteroatoms. The van der Waals surface area contributed by atoms with E-state index in [4.69, 9.17) is 5.26 Å². The zero-order valence-electron chi connectivity index (χ0n) is 8.33. The Hall–Kier alpha value is -1.59. The van der Waals surface area contributed by atoms with Gasteiger partial charge in [-0.05, 0) is 18.2 Å². The van der Waals surface area contributed by atoms with Crippen LogP contribution in [0.25, 0.3) is 6.08 Å². The first-order valence-electron chi connectivity index (χ1n) is 4.64. The van der Waals surface area contributed by atoms with Gasteiger partial charge in [-0.1, -0.05) is 36.4 Å². The van der Waals surface area contributed by atoms with Crippen molar-refractivity contribution in [2.45, 2.75) is 6.42 Å². The van der Waals surface area contributed by atoms with Crippen molar-refractivity contribution < 1.29 is 0 Å². The van der Waals surface area contributed by atoms with Crippen LogP contribution in [-0.4, -0.2) is 13.6 Å². The monoisotopic (exact) mass is 186 g/mol. The molecular formula is C12H14N2. The van der Waals surface area contributed by atoms with Crippen molar-refractivity contribution in [2.75, 3.05) is 13.6 Å². The van der Waals surface area contributed by atoms with Crippen LogP contribution in [-0.2, 0) is 6.42 Å². The summed E-state index contributed by atoms with van der Waals surface area (Å²) in [4.78, 5) is 0. The lowest BCUT2D eigenvalue weighted by molar-refractivity contribution is 0.922. The van der Waals surface area contributed by atoms with Crippen LogP contribution in [0.5, 0.6) is 0 Å². The standard InChI is InChI=1S/C12H14N2/c1-14-10-2-3-11-4-6-12(7-5-11)8-9-13/h2-7,14H,8,10H2,1H3. The van der Waals surface area contributed by atoms with Crippen LogP contribution in [0.2, 0.25) is 0 Å². The smallest absolute Gasteiger partial charge is 0.0669 e. The van der Waals surface area contributed by atoms with Crippen molar-refractivity contribution in [3.05, 3.63) is 41.5 Å². The predicted octanol–water partition coefficient (Wildman–Crippen LogP) is 1.99. The van der Waals surface area contributed by atoms with E-state index >= 15 is 0 Å². The minimum absolute atomic E-state index is 0.487. The molecule has 0 saturated heterocycles. The molecule has 0 aromatic heterocycles. The van der Waals surface area contributed by atoms with Gasteiger partial charge in [0, 0.05) is 6.54 Å². The molecule has 0 fully saturated rings. The fourth-order valence-electron chi connectivity index (χ4n) is 1.15. The van der Waals surface area contributed by atoms with E-state index in [1.807, 2.05) is 31.3 Å². The first-order chi connectivity index (χ1) is 6.86. The predicted molar refractivity (Wildman–Crippen MR) is 58.7 cm³/mol. The van der Waals surface area contributed by atoms with Crippen molar-refractivity contribution >= 4 is 6.08 Å². The summed E-state index contributed by atoms with van der Waals surface area (Å²) < 4.78 is 0. The molecule has 0 aliphatic heterocycles. The molecule has 0 spiro atoms. The molecule has 14 heavy (non-hydrogen) atoms. The zero-order chi connectivity index (χ0) is 10.2. The van der Waals surface area contributed by atoms with Crippen LogP contribution < -0.4 is 5.32 Å². The molecule has 0 unspecified atom stereocenters. The van der Waals surface area contributed by atoms with Crippen LogP contribution in [0.1, 0.15) is 11.1 Å². The van der Waals surface area contributed by atoms with Gasteiger partial charge in [-0.3, -0.25) is 0 Å². The van der Waals surface area contributed by atoms with Gasteiger partial charge >= 0.3 is 0 Å². The molecule has 0 atom stereocenters. The second-order valence-corrected chi connectivity index (χ2v) is 3.04. The summed E-state index contributed by atoms with van der Waals surface area (Å²) in [5, 5.41) is 11.5. The Kier molecular flexibility index (Phi) is 4.46. The van der Waals surface area contributed by atoms with Crippen LogP contribution in [0.3, 0.4) is 0 Å². The molecule has 0 saturated carbocycles. The van der Waals surface area contributed by atoms with Crippen LogP contribution >= 0.6 is 0 Å². The minimum Gasteiger partial charge on any atom is -0.316 e. The molecule has 0 aliphatic rings. The Balaban J connectivity index is 2.60. The van der Waals surface area contributed by atoms with E-state index in [0.717, 1.165) is 12.1 Å². The number of benzene rings is 1. The lowest BCUT2D eigenvalue weighted by Crippen LogP contribution is -2.03. The van der Waals surface area contributed by atoms with E-state index < -0.39 is 0 Å². The summed E-state index contributed by atoms with van der Waals surface area (Å²) in [5.41, 5.74) is 2.24. The molecule has 0 radical (unpaired) electrons. The van der Waals surface area contributed by atoms with Gasteiger partial charge in [-0.25, -0.2) is 0 Å². The van der Waals surface area contributed by atoms with Gasteiger partial charge in [0.2, 0.25) is 0 Å². The average molecular weight is 186 g/mol. The van der Waals surface area contributed by atoms with E-state index in [2.05, 4.69) is 23.5 Å². The fourth-order valence-corrected chi connectivity index (χ4v) is 1.15. The van der Waals surface area contributed by atoms with E-state index in [0.29, 0.717) is 6.42 Å². The summed E-state index contributed by atoms with van der Waals surface area (Å²) in [6.45, 7) is 0.875. The van der Waals surface area contributed by atoms with E-state index in [-0.39, 0.29) is 0 Å². The molecule has 0 aliphatic carbocycles. The summed E-state index contributed by atoms with van der Waals surface area (Å²) >= 11 is 0. The van der Waals surface area contributed by atoms with E-state index in [1.54, 1.807) is 0 Å². The lowest BCUT2D eigenvalue weighted by Gasteiger charge is -1.96. The molecule has 1 aromatic rings. The maximum atomic E-state index is 8.49. The second-order valence-electron chi connectivity index (χ2n) is 3.04. The Labute approximate surface area is 84.9 Å². The van der Waals surface area contributed by atoms with Gasteiger partial charge in [0.25, 0.3) is 0 Å². The maximum absolute atomic E-state index is 8.49. The third-order valence-electron chi connectivity index (χ3n) is 1.90. The first-order valence-corrected chi connectivity index (χ1v) is 4.64. The fraction of sp³-hybridized carbons (Fsp3) is 0.250. The SMILES string of the molecule is CNCC=Cc1ccc(CC#N)cc1. The van der Waals surface area contributed by atoms with Crippen molar-refractivity contribution in [2.24, 2.45) is 0 Å². The van der Waals surface area contributed by atoms with Gasteiger partial charge in [-0.15, -0.1) is 0 Å². The summed E-state index contributed by atoms with van der Waals surface area (Å²) in [7, 11) is 1.92. The number of hydrogen-bond acceptors (Lipinski definition) is 2. The number of nitriles is 1. The van der Waals surface area contributed by atoms with Crippen molar-refractivity contribution in [1.82, 2.24) is 5.32 Å². The van der Waals surface area contributed by atoms with E-state index in [9.17, 15) is 0 Å². The van der Waals surface area contributed by atoms with Gasteiger partial charge in [0.1, 0.15) is 0 Å². The van der Waals surface area contributed by atoms with Crippen LogP contribution in [0.4, 0.5) is 0 Å².